The van der Waals surface area contributed by atoms with Gasteiger partial charge in [0.15, 0.2) is 0 Å². The molecule has 0 spiro atoms. The summed E-state index contributed by atoms with van der Waals surface area (Å²) < 4.78 is 20.7. The molecular weight excluding hydrogens is 236 g/mol. The van der Waals surface area contributed by atoms with Gasteiger partial charge in [0.1, 0.15) is 11.9 Å². The highest BCUT2D eigenvalue weighted by Gasteiger charge is 2.24. The molecule has 5 nitrogen and oxygen atoms in total. The van der Waals surface area contributed by atoms with Crippen LogP contribution in [0.1, 0.15) is 13.3 Å². The highest BCUT2D eigenvalue weighted by atomic mass is 31.1. The maximum absolute atomic E-state index is 10.9. The number of hydrogen-bond acceptors (Lipinski definition) is 4. The Kier molecular flexibility index (Phi) is 7.62. The maximum atomic E-state index is 10.9. The number of ether oxygens (including phenoxy) is 1. The molecule has 0 saturated heterocycles. The Hall–Kier alpha value is 0.240. The average Bonchev–Trinajstić information content (AvgIpc) is 2.16. The van der Waals surface area contributed by atoms with Crippen LogP contribution in [0.25, 0.3) is 0 Å². The van der Waals surface area contributed by atoms with E-state index in [0.717, 1.165) is 5.57 Å². The molecule has 0 aliphatic rings. The van der Waals surface area contributed by atoms with E-state index in [-0.39, 0.29) is 6.61 Å². The van der Waals surface area contributed by atoms with E-state index in [2.05, 4.69) is 25.6 Å². The van der Waals surface area contributed by atoms with Crippen molar-refractivity contribution in [2.24, 2.45) is 0 Å². The highest BCUT2D eigenvalue weighted by molar-refractivity contribution is 7.36. The third-order valence-electron chi connectivity index (χ3n) is 1.66. The van der Waals surface area contributed by atoms with E-state index < -0.39 is 13.5 Å². The first-order valence-corrected chi connectivity index (χ1v) is 6.27. The zero-order valence-corrected chi connectivity index (χ0v) is 11.5. The minimum absolute atomic E-state index is 0.237. The predicted molar refractivity (Wildman–Crippen MR) is 64.0 cm³/mol. The second-order valence-electron chi connectivity index (χ2n) is 3.29. The Bertz CT molecular complexity index is 237. The monoisotopic (exact) mass is 255 g/mol. The SMILES string of the molecule is C=C(C)C[C@@](P)(CON[PH](=O)OC)OC. The largest absolute Gasteiger partial charge is 0.372 e. The van der Waals surface area contributed by atoms with Gasteiger partial charge in [0.2, 0.25) is 0 Å². The van der Waals surface area contributed by atoms with E-state index in [1.54, 1.807) is 7.11 Å². The fourth-order valence-corrected chi connectivity index (χ4v) is 1.66. The summed E-state index contributed by atoms with van der Waals surface area (Å²) in [5.74, 6) is 0. The van der Waals surface area contributed by atoms with E-state index >= 15 is 0 Å². The van der Waals surface area contributed by atoms with Crippen LogP contribution < -0.4 is 5.25 Å². The van der Waals surface area contributed by atoms with Crippen LogP contribution in [0.2, 0.25) is 0 Å². The maximum Gasteiger partial charge on any atom is 0.280 e. The molecule has 0 aromatic carbocycles. The van der Waals surface area contributed by atoms with Crippen LogP contribution in [-0.2, 0) is 18.7 Å². The number of methoxy groups -OCH3 is 1. The average molecular weight is 255 g/mol. The van der Waals surface area contributed by atoms with Crippen LogP contribution in [0.5, 0.6) is 0 Å². The Morgan fingerprint density at radius 3 is 2.60 bits per heavy atom. The Morgan fingerprint density at radius 1 is 1.60 bits per heavy atom. The highest BCUT2D eigenvalue weighted by Crippen LogP contribution is 2.27. The van der Waals surface area contributed by atoms with Crippen molar-refractivity contribution in [1.82, 2.24) is 5.25 Å². The number of nitrogens with one attached hydrogen (secondary N) is 1. The summed E-state index contributed by atoms with van der Waals surface area (Å²) in [4.78, 5) is 5.01. The van der Waals surface area contributed by atoms with E-state index in [1.165, 1.54) is 7.11 Å². The lowest BCUT2D eigenvalue weighted by atomic mass is 10.1. The summed E-state index contributed by atoms with van der Waals surface area (Å²) >= 11 is 0. The molecule has 0 saturated carbocycles. The summed E-state index contributed by atoms with van der Waals surface area (Å²) in [5.41, 5.74) is 0.981. The Balaban J connectivity index is 3.98. The van der Waals surface area contributed by atoms with Gasteiger partial charge in [0, 0.05) is 20.6 Å². The van der Waals surface area contributed by atoms with E-state index in [0.29, 0.717) is 6.42 Å². The van der Waals surface area contributed by atoms with Gasteiger partial charge in [0.05, 0.1) is 0 Å². The van der Waals surface area contributed by atoms with Crippen molar-refractivity contribution in [1.29, 1.82) is 0 Å². The number of rotatable bonds is 8. The van der Waals surface area contributed by atoms with Crippen molar-refractivity contribution in [3.05, 3.63) is 12.2 Å². The zero-order valence-electron chi connectivity index (χ0n) is 9.33. The standard InChI is InChI=1S/C8H19NO4P2/c1-7(2)5-8(14,11-3)6-13-9-15(10)12-4/h15H,1,5-6,14H2,2-4H3,(H,9,10)/t8-/m1/s1. The predicted octanol–water partition coefficient (Wildman–Crippen LogP) is 1.73. The fourth-order valence-electron chi connectivity index (χ4n) is 0.952. The van der Waals surface area contributed by atoms with Gasteiger partial charge in [-0.3, -0.25) is 9.40 Å². The summed E-state index contributed by atoms with van der Waals surface area (Å²) in [7, 11) is 3.18. The lowest BCUT2D eigenvalue weighted by Gasteiger charge is -2.27. The first kappa shape index (κ1) is 15.2. The molecule has 0 aliphatic carbocycles. The van der Waals surface area contributed by atoms with Crippen LogP contribution in [0.3, 0.4) is 0 Å². The molecule has 0 aromatic heterocycles. The Labute approximate surface area is 93.6 Å². The molecule has 0 fully saturated rings. The van der Waals surface area contributed by atoms with Crippen LogP contribution in [0.15, 0.2) is 12.2 Å². The van der Waals surface area contributed by atoms with E-state index in [4.69, 9.17) is 9.57 Å². The molecule has 0 radical (unpaired) electrons. The minimum Gasteiger partial charge on any atom is -0.372 e. The third kappa shape index (κ3) is 7.18. The molecule has 0 amide bonds. The van der Waals surface area contributed by atoms with Gasteiger partial charge < -0.3 is 9.26 Å². The molecule has 0 aliphatic heterocycles. The Morgan fingerprint density at radius 2 is 2.20 bits per heavy atom. The molecule has 0 heterocycles. The quantitative estimate of drug-likeness (QED) is 0.406. The van der Waals surface area contributed by atoms with Gasteiger partial charge in [0.25, 0.3) is 8.18 Å². The van der Waals surface area contributed by atoms with Crippen molar-refractivity contribution >= 4 is 17.4 Å². The first-order valence-electron chi connectivity index (χ1n) is 4.37. The van der Waals surface area contributed by atoms with Gasteiger partial charge in [-0.05, 0) is 6.92 Å². The lowest BCUT2D eigenvalue weighted by Crippen LogP contribution is -2.32. The lowest BCUT2D eigenvalue weighted by molar-refractivity contribution is -0.0330. The molecule has 0 bridgehead atoms. The first-order chi connectivity index (χ1) is 6.93. The molecule has 2 unspecified atom stereocenters. The smallest absolute Gasteiger partial charge is 0.280 e. The van der Waals surface area contributed by atoms with Gasteiger partial charge in [-0.15, -0.1) is 21.1 Å². The summed E-state index contributed by atoms with van der Waals surface area (Å²) in [6.45, 7) is 5.94. The van der Waals surface area contributed by atoms with Crippen LogP contribution >= 0.6 is 17.4 Å². The third-order valence-corrected chi connectivity index (χ3v) is 2.95. The van der Waals surface area contributed by atoms with Crippen molar-refractivity contribution in [3.8, 4) is 0 Å². The summed E-state index contributed by atoms with van der Waals surface area (Å²) in [5, 5.41) is 1.75. The second kappa shape index (κ2) is 7.50. The van der Waals surface area contributed by atoms with Crippen LogP contribution in [0.4, 0.5) is 0 Å². The van der Waals surface area contributed by atoms with Gasteiger partial charge in [-0.25, -0.2) is 0 Å². The van der Waals surface area contributed by atoms with Crippen molar-refractivity contribution in [2.75, 3.05) is 20.8 Å². The second-order valence-corrected chi connectivity index (χ2v) is 5.52. The van der Waals surface area contributed by atoms with Gasteiger partial charge in [-0.2, -0.15) is 0 Å². The summed E-state index contributed by atoms with van der Waals surface area (Å²) in [6, 6.07) is 0. The minimum atomic E-state index is -2.30. The molecule has 0 aromatic rings. The van der Waals surface area contributed by atoms with E-state index in [9.17, 15) is 4.57 Å². The molecule has 0 rings (SSSR count). The van der Waals surface area contributed by atoms with E-state index in [1.807, 2.05) is 6.92 Å². The molecule has 3 atom stereocenters. The number of hydrogen-bond donors (Lipinski definition) is 1. The molecule has 1 N–H and O–H groups in total. The topological polar surface area (TPSA) is 56.8 Å². The van der Waals surface area contributed by atoms with Crippen LogP contribution in [0, 0.1) is 0 Å². The molecule has 15 heavy (non-hydrogen) atoms. The van der Waals surface area contributed by atoms with Crippen molar-refractivity contribution in [2.45, 2.75) is 18.7 Å². The molecular formula is C8H19NO4P2. The van der Waals surface area contributed by atoms with Crippen molar-refractivity contribution in [3.63, 3.8) is 0 Å². The normalized spacial score (nSPS) is 17.1. The summed E-state index contributed by atoms with van der Waals surface area (Å²) in [6.07, 6.45) is 0.643. The van der Waals surface area contributed by atoms with Gasteiger partial charge >= 0.3 is 0 Å². The molecule has 90 valence electrons. The zero-order chi connectivity index (χ0) is 11.9. The van der Waals surface area contributed by atoms with Gasteiger partial charge in [-0.1, -0.05) is 5.57 Å². The van der Waals surface area contributed by atoms with Crippen molar-refractivity contribution < 1.29 is 18.7 Å². The fraction of sp³-hybridized carbons (Fsp3) is 0.750. The van der Waals surface area contributed by atoms with Crippen LogP contribution in [-0.4, -0.2) is 26.2 Å². The molecule has 7 heteroatoms.